The van der Waals surface area contributed by atoms with Crippen molar-refractivity contribution in [2.45, 2.75) is 71.1 Å². The predicted molar refractivity (Wildman–Crippen MR) is 140 cm³/mol. The molecule has 1 aromatic heterocycles. The van der Waals surface area contributed by atoms with Crippen LogP contribution in [0.2, 0.25) is 0 Å². The molecule has 2 aliphatic heterocycles. The van der Waals surface area contributed by atoms with E-state index in [1.54, 1.807) is 4.90 Å². The molecule has 0 radical (unpaired) electrons. The van der Waals surface area contributed by atoms with E-state index in [9.17, 15) is 14.4 Å². The number of H-pyrrole nitrogens is 1. The van der Waals surface area contributed by atoms with Gasteiger partial charge in [0.2, 0.25) is 11.8 Å². The number of nitrogens with one attached hydrogen (secondary N) is 3. The lowest BCUT2D eigenvalue weighted by atomic mass is 9.89. The zero-order valence-corrected chi connectivity index (χ0v) is 21.3. The number of hydrogen-bond donors (Lipinski definition) is 3. The van der Waals surface area contributed by atoms with Crippen LogP contribution in [0.1, 0.15) is 73.8 Å². The summed E-state index contributed by atoms with van der Waals surface area (Å²) < 4.78 is 0. The van der Waals surface area contributed by atoms with Gasteiger partial charge < -0.3 is 20.5 Å². The highest BCUT2D eigenvalue weighted by Crippen LogP contribution is 2.46. The summed E-state index contributed by atoms with van der Waals surface area (Å²) in [7, 11) is 0. The summed E-state index contributed by atoms with van der Waals surface area (Å²) in [4.78, 5) is 45.8. The van der Waals surface area contributed by atoms with Crippen molar-refractivity contribution < 1.29 is 14.4 Å². The van der Waals surface area contributed by atoms with E-state index < -0.39 is 12.1 Å². The van der Waals surface area contributed by atoms with Crippen LogP contribution in [0.5, 0.6) is 0 Å². The molecule has 2 aromatic carbocycles. The zero-order valence-electron chi connectivity index (χ0n) is 21.3. The summed E-state index contributed by atoms with van der Waals surface area (Å²) in [6, 6.07) is 13.9. The fourth-order valence-electron chi connectivity index (χ4n) is 5.55. The summed E-state index contributed by atoms with van der Waals surface area (Å²) >= 11 is 0. The molecule has 0 saturated heterocycles. The number of nitrogens with zero attached hydrogens (tertiary/aromatic N) is 1. The maximum absolute atomic E-state index is 13.9. The van der Waals surface area contributed by atoms with Gasteiger partial charge in [0.15, 0.2) is 0 Å². The number of carbonyl (C=O) groups is 3. The van der Waals surface area contributed by atoms with E-state index in [1.807, 2.05) is 70.2 Å². The number of fused-ring (bicyclic) bond motifs is 7. The first-order chi connectivity index (χ1) is 17.3. The molecule has 0 saturated carbocycles. The fraction of sp³-hybridized carbons (Fsp3) is 0.414. The molecule has 0 bridgehead atoms. The van der Waals surface area contributed by atoms with Gasteiger partial charge >= 0.3 is 0 Å². The van der Waals surface area contributed by atoms with E-state index in [2.05, 4.69) is 21.7 Å². The summed E-state index contributed by atoms with van der Waals surface area (Å²) in [5, 5.41) is 7.10. The van der Waals surface area contributed by atoms with E-state index in [0.717, 1.165) is 34.1 Å². The van der Waals surface area contributed by atoms with Crippen LogP contribution in [0.15, 0.2) is 48.5 Å². The Morgan fingerprint density at radius 1 is 1.06 bits per heavy atom. The Morgan fingerprint density at radius 3 is 2.53 bits per heavy atom. The predicted octanol–water partition coefficient (Wildman–Crippen LogP) is 4.08. The number of aromatic nitrogens is 1. The fourth-order valence-corrected chi connectivity index (χ4v) is 5.55. The van der Waals surface area contributed by atoms with Crippen LogP contribution in [-0.2, 0) is 16.0 Å². The van der Waals surface area contributed by atoms with Crippen LogP contribution in [0, 0.1) is 5.92 Å². The van der Waals surface area contributed by atoms with E-state index in [1.165, 1.54) is 0 Å². The topological polar surface area (TPSA) is 94.3 Å². The highest BCUT2D eigenvalue weighted by atomic mass is 16.2. The molecule has 7 nitrogen and oxygen atoms in total. The Bertz CT molecular complexity index is 1330. The molecule has 0 aliphatic carbocycles. The Kier molecular flexibility index (Phi) is 6.33. The number of amides is 3. The maximum atomic E-state index is 13.9. The number of hydrogen-bond acceptors (Lipinski definition) is 3. The molecule has 2 aliphatic rings. The van der Waals surface area contributed by atoms with Gasteiger partial charge in [-0.25, -0.2) is 0 Å². The van der Waals surface area contributed by atoms with Crippen LogP contribution < -0.4 is 10.6 Å². The van der Waals surface area contributed by atoms with Gasteiger partial charge in [0.25, 0.3) is 5.91 Å². The summed E-state index contributed by atoms with van der Waals surface area (Å²) in [6.45, 7) is 8.03. The second-order valence-electron chi connectivity index (χ2n) is 10.5. The lowest BCUT2D eigenvalue weighted by molar-refractivity contribution is -0.132. The highest BCUT2D eigenvalue weighted by Gasteiger charge is 2.49. The number of rotatable bonds is 7. The first-order valence-corrected chi connectivity index (χ1v) is 12.9. The third-order valence-corrected chi connectivity index (χ3v) is 7.50. The SMILES string of the molecule is CC[C@H](C)NC(=O)[C@H](CC(C)C)NC(=O)[C@@H]1Cc2c([nH]c3ccccc23)[C@@H]2c3ccccc3C(=O)N21. The first kappa shape index (κ1) is 24.1. The number of para-hydroxylation sites is 1. The molecule has 4 atom stereocenters. The minimum Gasteiger partial charge on any atom is -0.356 e. The monoisotopic (exact) mass is 486 g/mol. The normalized spacial score (nSPS) is 20.0. The molecule has 3 aromatic rings. The molecule has 0 unspecified atom stereocenters. The zero-order chi connectivity index (χ0) is 25.6. The molecule has 3 heterocycles. The second-order valence-corrected chi connectivity index (χ2v) is 10.5. The van der Waals surface area contributed by atoms with Crippen molar-refractivity contribution in [3.63, 3.8) is 0 Å². The molecule has 36 heavy (non-hydrogen) atoms. The van der Waals surface area contributed by atoms with Crippen molar-refractivity contribution in [2.24, 2.45) is 5.92 Å². The van der Waals surface area contributed by atoms with Gasteiger partial charge in [0.05, 0.1) is 6.04 Å². The van der Waals surface area contributed by atoms with Gasteiger partial charge in [-0.2, -0.15) is 0 Å². The van der Waals surface area contributed by atoms with Crippen LogP contribution in [-0.4, -0.2) is 45.7 Å². The standard InChI is InChI=1S/C29H34N4O3/c1-5-17(4)30-27(34)23(14-16(2)3)32-28(35)24-15-21-18-10-8-9-13-22(18)31-25(21)26-19-11-6-7-12-20(19)29(36)33(24)26/h6-13,16-17,23-24,26,31H,5,14-15H2,1-4H3,(H,30,34)(H,32,35)/t17-,23-,24-,26-/m0/s1. The van der Waals surface area contributed by atoms with Crippen molar-refractivity contribution in [3.05, 3.63) is 70.9 Å². The average molecular weight is 487 g/mol. The van der Waals surface area contributed by atoms with E-state index >= 15 is 0 Å². The van der Waals surface area contributed by atoms with E-state index in [0.29, 0.717) is 18.4 Å². The van der Waals surface area contributed by atoms with Gasteiger partial charge in [0, 0.05) is 34.6 Å². The van der Waals surface area contributed by atoms with Gasteiger partial charge in [-0.3, -0.25) is 14.4 Å². The number of carbonyl (C=O) groups excluding carboxylic acids is 3. The van der Waals surface area contributed by atoms with Gasteiger partial charge in [-0.1, -0.05) is 57.2 Å². The second kappa shape index (κ2) is 9.45. The maximum Gasteiger partial charge on any atom is 0.255 e. The molecule has 0 spiro atoms. The van der Waals surface area contributed by atoms with Crippen LogP contribution in [0.25, 0.3) is 10.9 Å². The number of aromatic amines is 1. The molecule has 3 amide bonds. The van der Waals surface area contributed by atoms with Crippen LogP contribution in [0.4, 0.5) is 0 Å². The summed E-state index contributed by atoms with van der Waals surface area (Å²) in [5.74, 6) is -0.399. The Labute approximate surface area is 211 Å². The minimum atomic E-state index is -0.715. The van der Waals surface area contributed by atoms with E-state index in [-0.39, 0.29) is 35.7 Å². The molecule has 5 rings (SSSR count). The van der Waals surface area contributed by atoms with Crippen LogP contribution >= 0.6 is 0 Å². The molecule has 0 fully saturated rings. The first-order valence-electron chi connectivity index (χ1n) is 12.9. The lowest BCUT2D eigenvalue weighted by Gasteiger charge is -2.38. The summed E-state index contributed by atoms with van der Waals surface area (Å²) in [6.07, 6.45) is 1.72. The molecule has 188 valence electrons. The molecule has 3 N–H and O–H groups in total. The van der Waals surface area contributed by atoms with Crippen molar-refractivity contribution in [2.75, 3.05) is 0 Å². The van der Waals surface area contributed by atoms with Crippen molar-refractivity contribution in [3.8, 4) is 0 Å². The van der Waals surface area contributed by atoms with Crippen molar-refractivity contribution >= 4 is 28.6 Å². The average Bonchev–Trinajstić information content (AvgIpc) is 3.38. The van der Waals surface area contributed by atoms with Crippen LogP contribution in [0.3, 0.4) is 0 Å². The lowest BCUT2D eigenvalue weighted by Crippen LogP contribution is -2.57. The van der Waals surface area contributed by atoms with Gasteiger partial charge in [0.1, 0.15) is 12.1 Å². The van der Waals surface area contributed by atoms with Crippen molar-refractivity contribution in [1.29, 1.82) is 0 Å². The van der Waals surface area contributed by atoms with E-state index in [4.69, 9.17) is 0 Å². The molecular weight excluding hydrogens is 452 g/mol. The number of benzene rings is 2. The quantitative estimate of drug-likeness (QED) is 0.470. The van der Waals surface area contributed by atoms with Gasteiger partial charge in [-0.15, -0.1) is 0 Å². The highest BCUT2D eigenvalue weighted by molar-refractivity contribution is 6.04. The third-order valence-electron chi connectivity index (χ3n) is 7.50. The van der Waals surface area contributed by atoms with Crippen molar-refractivity contribution in [1.82, 2.24) is 20.5 Å². The molecular formula is C29H34N4O3. The largest absolute Gasteiger partial charge is 0.356 e. The Hall–Kier alpha value is -3.61. The summed E-state index contributed by atoms with van der Waals surface area (Å²) in [5.41, 5.74) is 4.54. The Balaban J connectivity index is 1.53. The minimum absolute atomic E-state index is 0.0200. The smallest absolute Gasteiger partial charge is 0.255 e. The molecule has 7 heteroatoms. The Morgan fingerprint density at radius 2 is 1.78 bits per heavy atom. The van der Waals surface area contributed by atoms with Gasteiger partial charge in [-0.05, 0) is 48.9 Å². The third kappa shape index (κ3) is 4.06.